The van der Waals surface area contributed by atoms with Crippen molar-refractivity contribution in [1.82, 2.24) is 14.9 Å². The van der Waals surface area contributed by atoms with Crippen LogP contribution in [0.25, 0.3) is 0 Å². The molecule has 0 saturated heterocycles. The van der Waals surface area contributed by atoms with Crippen LogP contribution in [0.2, 0.25) is 0 Å². The third-order valence-electron chi connectivity index (χ3n) is 4.47. The Labute approximate surface area is 151 Å². The molecule has 0 atom stereocenters. The van der Waals surface area contributed by atoms with E-state index < -0.39 is 0 Å². The lowest BCUT2D eigenvalue weighted by Crippen LogP contribution is -2.10. The number of ether oxygens (including phenoxy) is 2. The van der Waals surface area contributed by atoms with Crippen molar-refractivity contribution in [3.8, 4) is 17.2 Å². The first-order valence-corrected chi connectivity index (χ1v) is 8.71. The van der Waals surface area contributed by atoms with E-state index in [1.54, 1.807) is 23.0 Å². The topological polar surface area (TPSA) is 84.7 Å². The summed E-state index contributed by atoms with van der Waals surface area (Å²) in [4.78, 5) is 0. The van der Waals surface area contributed by atoms with Crippen molar-refractivity contribution in [3.05, 3.63) is 28.3 Å². The maximum atomic E-state index is 9.99. The first kappa shape index (κ1) is 17.5. The number of H-pyrrole nitrogens is 1. The second kappa shape index (κ2) is 7.69. The summed E-state index contributed by atoms with van der Waals surface area (Å²) in [5.74, 6) is 1.86. The van der Waals surface area contributed by atoms with E-state index in [0.29, 0.717) is 22.2 Å². The number of rotatable bonds is 5. The number of methoxy groups -OCH3 is 2. The monoisotopic (exact) mass is 362 g/mol. The quantitative estimate of drug-likeness (QED) is 0.627. The first-order chi connectivity index (χ1) is 12.1. The molecule has 0 bridgehead atoms. The maximum Gasteiger partial charge on any atom is 0.216 e. The fraction of sp³-hybridized carbons (Fsp3) is 0.471. The predicted octanol–water partition coefficient (Wildman–Crippen LogP) is 3.59. The Morgan fingerprint density at radius 2 is 1.88 bits per heavy atom. The molecule has 7 nitrogen and oxygen atoms in total. The van der Waals surface area contributed by atoms with Gasteiger partial charge in [-0.15, -0.1) is 0 Å². The molecule has 1 saturated carbocycles. The van der Waals surface area contributed by atoms with Crippen LogP contribution in [0.4, 0.5) is 0 Å². The van der Waals surface area contributed by atoms with Gasteiger partial charge < -0.3 is 14.6 Å². The van der Waals surface area contributed by atoms with Crippen molar-refractivity contribution >= 4 is 18.4 Å². The van der Waals surface area contributed by atoms with Gasteiger partial charge in [-0.3, -0.25) is 5.10 Å². The molecular formula is C17H22N4O3S. The maximum absolute atomic E-state index is 9.99. The van der Waals surface area contributed by atoms with Crippen LogP contribution >= 0.6 is 12.2 Å². The van der Waals surface area contributed by atoms with Gasteiger partial charge in [0.05, 0.1) is 20.4 Å². The lowest BCUT2D eigenvalue weighted by atomic mass is 9.89. The minimum Gasteiger partial charge on any atom is -0.502 e. The van der Waals surface area contributed by atoms with Crippen molar-refractivity contribution in [2.45, 2.75) is 38.0 Å². The number of nitrogens with one attached hydrogen (secondary N) is 1. The van der Waals surface area contributed by atoms with Crippen LogP contribution < -0.4 is 9.47 Å². The van der Waals surface area contributed by atoms with E-state index in [-0.39, 0.29) is 5.75 Å². The molecule has 1 aromatic heterocycles. The van der Waals surface area contributed by atoms with Gasteiger partial charge in [-0.2, -0.15) is 14.9 Å². The highest BCUT2D eigenvalue weighted by Gasteiger charge is 2.21. The van der Waals surface area contributed by atoms with Gasteiger partial charge in [0.15, 0.2) is 17.3 Å². The third-order valence-corrected chi connectivity index (χ3v) is 4.73. The number of aromatic hydroxyl groups is 1. The van der Waals surface area contributed by atoms with Gasteiger partial charge in [0.1, 0.15) is 0 Å². The summed E-state index contributed by atoms with van der Waals surface area (Å²) >= 11 is 5.32. The fourth-order valence-corrected chi connectivity index (χ4v) is 3.34. The summed E-state index contributed by atoms with van der Waals surface area (Å²) in [6, 6.07) is 3.37. The summed E-state index contributed by atoms with van der Waals surface area (Å²) in [6.07, 6.45) is 7.56. The average molecular weight is 362 g/mol. The molecule has 134 valence electrons. The Hall–Kier alpha value is -2.35. The molecule has 0 radical (unpaired) electrons. The second-order valence-electron chi connectivity index (χ2n) is 6.05. The summed E-state index contributed by atoms with van der Waals surface area (Å²) < 4.78 is 12.5. The molecule has 1 aromatic carbocycles. The number of hydrogen-bond acceptors (Lipinski definition) is 6. The summed E-state index contributed by atoms with van der Waals surface area (Å²) in [5.41, 5.74) is 0.726. The van der Waals surface area contributed by atoms with Gasteiger partial charge in [0.25, 0.3) is 0 Å². The van der Waals surface area contributed by atoms with E-state index in [2.05, 4.69) is 15.3 Å². The number of aromatic amines is 1. The van der Waals surface area contributed by atoms with Crippen molar-refractivity contribution in [1.29, 1.82) is 0 Å². The average Bonchev–Trinajstić information content (AvgIpc) is 3.02. The molecular weight excluding hydrogens is 340 g/mol. The predicted molar refractivity (Wildman–Crippen MR) is 97.4 cm³/mol. The van der Waals surface area contributed by atoms with E-state index in [4.69, 9.17) is 21.7 Å². The molecule has 3 rings (SSSR count). The molecule has 1 heterocycles. The molecule has 0 spiro atoms. The Morgan fingerprint density at radius 1 is 1.24 bits per heavy atom. The van der Waals surface area contributed by atoms with Crippen LogP contribution in [-0.4, -0.2) is 40.4 Å². The number of aromatic nitrogens is 3. The van der Waals surface area contributed by atoms with Crippen molar-refractivity contribution in [3.63, 3.8) is 0 Å². The zero-order chi connectivity index (χ0) is 17.8. The lowest BCUT2D eigenvalue weighted by molar-refractivity contribution is 0.340. The van der Waals surface area contributed by atoms with Gasteiger partial charge in [-0.1, -0.05) is 19.3 Å². The highest BCUT2D eigenvalue weighted by atomic mass is 32.1. The van der Waals surface area contributed by atoms with E-state index in [9.17, 15) is 5.11 Å². The molecule has 1 aliphatic carbocycles. The molecule has 0 unspecified atom stereocenters. The largest absolute Gasteiger partial charge is 0.502 e. The van der Waals surface area contributed by atoms with Crippen LogP contribution in [-0.2, 0) is 0 Å². The molecule has 1 fully saturated rings. The molecule has 2 N–H and O–H groups in total. The van der Waals surface area contributed by atoms with E-state index in [0.717, 1.165) is 24.2 Å². The highest BCUT2D eigenvalue weighted by molar-refractivity contribution is 7.71. The van der Waals surface area contributed by atoms with Gasteiger partial charge >= 0.3 is 0 Å². The SMILES string of the molecule is COc1cc(/C=N/n2c(C3CCCCC3)n[nH]c2=S)cc(OC)c1O. The first-order valence-electron chi connectivity index (χ1n) is 8.30. The highest BCUT2D eigenvalue weighted by Crippen LogP contribution is 2.36. The standard InChI is InChI=1S/C17H22N4O3S/c1-23-13-8-11(9-14(24-2)15(13)22)10-18-21-16(19-20-17(21)25)12-6-4-3-5-7-12/h8-10,12,22H,3-7H2,1-2H3,(H,20,25)/b18-10+. The van der Waals surface area contributed by atoms with Crippen LogP contribution in [0.3, 0.4) is 0 Å². The van der Waals surface area contributed by atoms with Gasteiger partial charge in [-0.25, -0.2) is 0 Å². The number of nitrogens with zero attached hydrogens (tertiary/aromatic N) is 3. The van der Waals surface area contributed by atoms with Gasteiger partial charge in [0.2, 0.25) is 10.5 Å². The van der Waals surface area contributed by atoms with E-state index in [1.807, 2.05) is 0 Å². The van der Waals surface area contributed by atoms with Crippen LogP contribution in [0, 0.1) is 4.77 Å². The van der Waals surface area contributed by atoms with E-state index >= 15 is 0 Å². The second-order valence-corrected chi connectivity index (χ2v) is 6.44. The normalized spacial score (nSPS) is 15.6. The van der Waals surface area contributed by atoms with E-state index in [1.165, 1.54) is 33.5 Å². The molecule has 0 aliphatic heterocycles. The third kappa shape index (κ3) is 3.68. The van der Waals surface area contributed by atoms with Gasteiger partial charge in [-0.05, 0) is 37.2 Å². The molecule has 1 aliphatic rings. The Morgan fingerprint density at radius 3 is 2.48 bits per heavy atom. The van der Waals surface area contributed by atoms with Gasteiger partial charge in [0, 0.05) is 11.5 Å². The molecule has 2 aromatic rings. The van der Waals surface area contributed by atoms with Crippen molar-refractivity contribution < 1.29 is 14.6 Å². The number of benzene rings is 1. The smallest absolute Gasteiger partial charge is 0.216 e. The Bertz CT molecular complexity index is 797. The zero-order valence-corrected chi connectivity index (χ0v) is 15.2. The summed E-state index contributed by atoms with van der Waals surface area (Å²) in [5, 5.41) is 21.7. The van der Waals surface area contributed by atoms with Crippen molar-refractivity contribution in [2.75, 3.05) is 14.2 Å². The lowest BCUT2D eigenvalue weighted by Gasteiger charge is -2.19. The molecule has 8 heteroatoms. The zero-order valence-electron chi connectivity index (χ0n) is 14.4. The molecule has 25 heavy (non-hydrogen) atoms. The summed E-state index contributed by atoms with van der Waals surface area (Å²) in [6.45, 7) is 0. The minimum atomic E-state index is -0.0371. The number of phenolic OH excluding ortho intramolecular Hbond substituents is 1. The number of phenols is 1. The Kier molecular flexibility index (Phi) is 5.37. The van der Waals surface area contributed by atoms with Crippen LogP contribution in [0.5, 0.6) is 17.2 Å². The molecule has 0 amide bonds. The minimum absolute atomic E-state index is 0.0371. The van der Waals surface area contributed by atoms with Crippen LogP contribution in [0.1, 0.15) is 49.4 Å². The van der Waals surface area contributed by atoms with Crippen molar-refractivity contribution in [2.24, 2.45) is 5.10 Å². The summed E-state index contributed by atoms with van der Waals surface area (Å²) in [7, 11) is 2.98. The number of hydrogen-bond donors (Lipinski definition) is 2. The van der Waals surface area contributed by atoms with Crippen LogP contribution in [0.15, 0.2) is 17.2 Å². The Balaban J connectivity index is 1.92. The fourth-order valence-electron chi connectivity index (χ4n) is 3.15.